The lowest BCUT2D eigenvalue weighted by atomic mass is 9.85. The molecule has 0 aliphatic carbocycles. The highest BCUT2D eigenvalue weighted by atomic mass is 16.3. The van der Waals surface area contributed by atoms with E-state index < -0.39 is 0 Å². The highest BCUT2D eigenvalue weighted by molar-refractivity contribution is 4.78. The summed E-state index contributed by atoms with van der Waals surface area (Å²) in [4.78, 5) is 0. The van der Waals surface area contributed by atoms with Crippen LogP contribution < -0.4 is 6.15 Å². The zero-order valence-electron chi connectivity index (χ0n) is 13.1. The molecule has 0 saturated heterocycles. The molecule has 0 radical (unpaired) electrons. The van der Waals surface area contributed by atoms with Gasteiger partial charge in [-0.15, -0.1) is 0 Å². The lowest BCUT2D eigenvalue weighted by Crippen LogP contribution is -2.28. The molecule has 0 aliphatic heterocycles. The minimum absolute atomic E-state index is 0. The van der Waals surface area contributed by atoms with Crippen molar-refractivity contribution in [2.45, 2.75) is 103 Å². The summed E-state index contributed by atoms with van der Waals surface area (Å²) in [5, 5.41) is 10.7. The van der Waals surface area contributed by atoms with Crippen LogP contribution in [0, 0.1) is 0 Å². The molecule has 0 heterocycles. The van der Waals surface area contributed by atoms with Gasteiger partial charge >= 0.3 is 0 Å². The molecule has 0 unspecified atom stereocenters. The van der Waals surface area contributed by atoms with Crippen LogP contribution in [0.2, 0.25) is 0 Å². The van der Waals surface area contributed by atoms with Crippen LogP contribution in [0.3, 0.4) is 0 Å². The first kappa shape index (κ1) is 20.2. The van der Waals surface area contributed by atoms with Gasteiger partial charge in [-0.05, 0) is 19.3 Å². The summed E-state index contributed by atoms with van der Waals surface area (Å²) >= 11 is 0. The summed E-state index contributed by atoms with van der Waals surface area (Å²) in [5.74, 6) is 0. The molecule has 18 heavy (non-hydrogen) atoms. The molecule has 0 saturated carbocycles. The van der Waals surface area contributed by atoms with E-state index in [-0.39, 0.29) is 11.8 Å². The Kier molecular flexibility index (Phi) is 15.0. The van der Waals surface area contributed by atoms with Crippen LogP contribution in [0.15, 0.2) is 0 Å². The van der Waals surface area contributed by atoms with Crippen LogP contribution in [0.4, 0.5) is 0 Å². The fraction of sp³-hybridized carbons (Fsp3) is 1.00. The molecule has 112 valence electrons. The lowest BCUT2D eigenvalue weighted by molar-refractivity contribution is 0.00737. The van der Waals surface area contributed by atoms with Gasteiger partial charge in [0.1, 0.15) is 0 Å². The van der Waals surface area contributed by atoms with Crippen molar-refractivity contribution in [3.63, 3.8) is 0 Å². The quantitative estimate of drug-likeness (QED) is 0.447. The van der Waals surface area contributed by atoms with Crippen LogP contribution >= 0.6 is 0 Å². The lowest BCUT2D eigenvalue weighted by Gasteiger charge is -2.28. The van der Waals surface area contributed by atoms with Crippen LogP contribution in [0.25, 0.3) is 0 Å². The Balaban J connectivity index is 0. The van der Waals surface area contributed by atoms with Crippen molar-refractivity contribution >= 4 is 0 Å². The van der Waals surface area contributed by atoms with Crippen LogP contribution in [-0.2, 0) is 0 Å². The average Bonchev–Trinajstić information content (AvgIpc) is 2.30. The van der Waals surface area contributed by atoms with Crippen molar-refractivity contribution < 1.29 is 5.11 Å². The number of aliphatic hydroxyl groups is 1. The molecule has 0 amide bonds. The van der Waals surface area contributed by atoms with E-state index in [1.165, 1.54) is 57.8 Å². The van der Waals surface area contributed by atoms with E-state index in [2.05, 4.69) is 20.8 Å². The number of hydrogen-bond acceptors (Lipinski definition) is 2. The molecule has 0 bridgehead atoms. The maximum Gasteiger partial charge on any atom is 0.0647 e. The zero-order valence-corrected chi connectivity index (χ0v) is 13.1. The fourth-order valence-electron chi connectivity index (χ4n) is 2.49. The first-order valence-electron chi connectivity index (χ1n) is 7.91. The van der Waals surface area contributed by atoms with E-state index in [0.717, 1.165) is 19.3 Å². The molecule has 0 aliphatic rings. The monoisotopic (exact) mass is 259 g/mol. The smallest absolute Gasteiger partial charge is 0.0647 e. The highest BCUT2D eigenvalue weighted by Crippen LogP contribution is 2.28. The third-order valence-electron chi connectivity index (χ3n) is 3.74. The molecule has 0 aromatic rings. The summed E-state index contributed by atoms with van der Waals surface area (Å²) in [6, 6.07) is 0. The van der Waals surface area contributed by atoms with E-state index in [0.29, 0.717) is 0 Å². The van der Waals surface area contributed by atoms with Gasteiger partial charge < -0.3 is 11.3 Å². The molecule has 2 heteroatoms. The molecule has 4 N–H and O–H groups in total. The predicted octanol–water partition coefficient (Wildman–Crippen LogP) is 5.62. The third kappa shape index (κ3) is 11.0. The third-order valence-corrected chi connectivity index (χ3v) is 3.74. The van der Waals surface area contributed by atoms with Crippen LogP contribution in [0.5, 0.6) is 0 Å². The van der Waals surface area contributed by atoms with Crippen molar-refractivity contribution in [2.24, 2.45) is 0 Å². The Bertz CT molecular complexity index is 133. The van der Waals surface area contributed by atoms with E-state index in [4.69, 9.17) is 0 Å². The standard InChI is InChI=1S/C16H34O.H3N/c1-4-7-10-13-16(17,14-11-8-5-2)15-12-9-6-3;/h17H,4-15H2,1-3H3;1H3. The molecule has 0 rings (SSSR count). The second-order valence-corrected chi connectivity index (χ2v) is 5.60. The highest BCUT2D eigenvalue weighted by Gasteiger charge is 2.24. The van der Waals surface area contributed by atoms with Crippen molar-refractivity contribution in [1.29, 1.82) is 0 Å². The predicted molar refractivity (Wildman–Crippen MR) is 82.4 cm³/mol. The second kappa shape index (κ2) is 13.4. The van der Waals surface area contributed by atoms with Gasteiger partial charge in [0.15, 0.2) is 0 Å². The average molecular weight is 259 g/mol. The van der Waals surface area contributed by atoms with Gasteiger partial charge in [-0.25, -0.2) is 0 Å². The topological polar surface area (TPSA) is 55.2 Å². The Labute approximate surface area is 115 Å². The normalized spacial score (nSPS) is 11.3. The molecule has 0 fully saturated rings. The van der Waals surface area contributed by atoms with E-state index in [1.54, 1.807) is 0 Å². The number of unbranched alkanes of at least 4 members (excludes halogenated alkanes) is 6. The Morgan fingerprint density at radius 2 is 0.889 bits per heavy atom. The molecule has 2 nitrogen and oxygen atoms in total. The maximum atomic E-state index is 10.7. The minimum atomic E-state index is -0.348. The summed E-state index contributed by atoms with van der Waals surface area (Å²) < 4.78 is 0. The largest absolute Gasteiger partial charge is 0.390 e. The molecule has 0 atom stereocenters. The minimum Gasteiger partial charge on any atom is -0.390 e. The van der Waals surface area contributed by atoms with Crippen LogP contribution in [0.1, 0.15) is 97.8 Å². The number of rotatable bonds is 12. The van der Waals surface area contributed by atoms with Crippen molar-refractivity contribution in [1.82, 2.24) is 6.15 Å². The fourth-order valence-corrected chi connectivity index (χ4v) is 2.49. The van der Waals surface area contributed by atoms with Gasteiger partial charge in [0, 0.05) is 0 Å². The van der Waals surface area contributed by atoms with Gasteiger partial charge in [-0.1, -0.05) is 78.6 Å². The van der Waals surface area contributed by atoms with Crippen molar-refractivity contribution in [3.8, 4) is 0 Å². The second-order valence-electron chi connectivity index (χ2n) is 5.60. The van der Waals surface area contributed by atoms with Gasteiger partial charge in [-0.2, -0.15) is 0 Å². The molecular weight excluding hydrogens is 222 g/mol. The van der Waals surface area contributed by atoms with E-state index in [9.17, 15) is 5.11 Å². The van der Waals surface area contributed by atoms with E-state index >= 15 is 0 Å². The molecule has 0 aromatic carbocycles. The van der Waals surface area contributed by atoms with E-state index in [1.807, 2.05) is 0 Å². The molecule has 0 aromatic heterocycles. The maximum absolute atomic E-state index is 10.7. The van der Waals surface area contributed by atoms with Gasteiger partial charge in [-0.3, -0.25) is 0 Å². The summed E-state index contributed by atoms with van der Waals surface area (Å²) in [5.41, 5.74) is -0.348. The Morgan fingerprint density at radius 1 is 0.611 bits per heavy atom. The van der Waals surface area contributed by atoms with Crippen LogP contribution in [-0.4, -0.2) is 10.7 Å². The number of hydrogen-bond donors (Lipinski definition) is 2. The summed E-state index contributed by atoms with van der Waals surface area (Å²) in [6.45, 7) is 6.69. The SMILES string of the molecule is CCCCCC(O)(CCCCC)CCCCC.N. The van der Waals surface area contributed by atoms with Gasteiger partial charge in [0.2, 0.25) is 0 Å². The summed E-state index contributed by atoms with van der Waals surface area (Å²) in [7, 11) is 0. The van der Waals surface area contributed by atoms with Crippen molar-refractivity contribution in [2.75, 3.05) is 0 Å². The molecular formula is C16H37NO. The van der Waals surface area contributed by atoms with Gasteiger partial charge in [0.05, 0.1) is 5.60 Å². The zero-order chi connectivity index (χ0) is 13.0. The van der Waals surface area contributed by atoms with Crippen molar-refractivity contribution in [3.05, 3.63) is 0 Å². The first-order chi connectivity index (χ1) is 8.18. The Hall–Kier alpha value is -0.0800. The summed E-state index contributed by atoms with van der Waals surface area (Å²) in [6.07, 6.45) is 14.2. The first-order valence-corrected chi connectivity index (χ1v) is 7.91. The van der Waals surface area contributed by atoms with Gasteiger partial charge in [0.25, 0.3) is 0 Å². The Morgan fingerprint density at radius 3 is 1.11 bits per heavy atom. The molecule has 0 spiro atoms.